The first-order valence-electron chi connectivity index (χ1n) is 5.35. The SMILES string of the molecule is COC(C)(C)CC(=O)Cc1ccc(F)c(Br)c1. The Morgan fingerprint density at radius 2 is 2.12 bits per heavy atom. The minimum Gasteiger partial charge on any atom is -0.378 e. The predicted octanol–water partition coefficient (Wildman–Crippen LogP) is 3.51. The van der Waals surface area contributed by atoms with Crippen LogP contribution in [0.25, 0.3) is 0 Å². The Kier molecular flexibility index (Phi) is 4.83. The molecule has 0 radical (unpaired) electrons. The van der Waals surface area contributed by atoms with Gasteiger partial charge in [0.05, 0.1) is 10.1 Å². The van der Waals surface area contributed by atoms with E-state index in [4.69, 9.17) is 4.74 Å². The molecule has 1 aromatic rings. The van der Waals surface area contributed by atoms with E-state index >= 15 is 0 Å². The quantitative estimate of drug-likeness (QED) is 0.832. The molecule has 1 aromatic carbocycles. The van der Waals surface area contributed by atoms with Gasteiger partial charge in [-0.2, -0.15) is 0 Å². The number of ether oxygens (including phenoxy) is 1. The highest BCUT2D eigenvalue weighted by atomic mass is 79.9. The highest BCUT2D eigenvalue weighted by molar-refractivity contribution is 9.10. The van der Waals surface area contributed by atoms with Gasteiger partial charge in [-0.05, 0) is 47.5 Å². The van der Waals surface area contributed by atoms with Crippen molar-refractivity contribution in [3.05, 3.63) is 34.1 Å². The Morgan fingerprint density at radius 1 is 1.47 bits per heavy atom. The van der Waals surface area contributed by atoms with Crippen LogP contribution in [0, 0.1) is 5.82 Å². The van der Waals surface area contributed by atoms with Gasteiger partial charge >= 0.3 is 0 Å². The molecule has 0 spiro atoms. The minimum absolute atomic E-state index is 0.0790. The summed E-state index contributed by atoms with van der Waals surface area (Å²) in [7, 11) is 1.59. The van der Waals surface area contributed by atoms with Gasteiger partial charge in [0.15, 0.2) is 0 Å². The van der Waals surface area contributed by atoms with Crippen molar-refractivity contribution in [3.8, 4) is 0 Å². The first-order valence-corrected chi connectivity index (χ1v) is 6.14. The van der Waals surface area contributed by atoms with Gasteiger partial charge in [0.2, 0.25) is 0 Å². The lowest BCUT2D eigenvalue weighted by atomic mass is 9.97. The second-order valence-corrected chi connectivity index (χ2v) is 5.46. The average molecular weight is 303 g/mol. The molecule has 0 bridgehead atoms. The van der Waals surface area contributed by atoms with E-state index in [-0.39, 0.29) is 11.6 Å². The second kappa shape index (κ2) is 5.74. The summed E-state index contributed by atoms with van der Waals surface area (Å²) in [5, 5.41) is 0. The summed E-state index contributed by atoms with van der Waals surface area (Å²) in [4.78, 5) is 11.8. The van der Waals surface area contributed by atoms with Crippen LogP contribution in [0.4, 0.5) is 4.39 Å². The van der Waals surface area contributed by atoms with E-state index in [9.17, 15) is 9.18 Å². The van der Waals surface area contributed by atoms with E-state index in [1.165, 1.54) is 6.07 Å². The highest BCUT2D eigenvalue weighted by Gasteiger charge is 2.21. The van der Waals surface area contributed by atoms with Crippen molar-refractivity contribution < 1.29 is 13.9 Å². The Balaban J connectivity index is 2.65. The number of carbonyl (C=O) groups is 1. The van der Waals surface area contributed by atoms with Crippen LogP contribution in [-0.4, -0.2) is 18.5 Å². The van der Waals surface area contributed by atoms with E-state index in [0.717, 1.165) is 5.56 Å². The first-order chi connectivity index (χ1) is 7.84. The minimum atomic E-state index is -0.450. The Hall–Kier alpha value is -0.740. The summed E-state index contributed by atoms with van der Waals surface area (Å²) in [6.45, 7) is 3.73. The van der Waals surface area contributed by atoms with Gasteiger partial charge in [0, 0.05) is 20.0 Å². The maximum atomic E-state index is 13.0. The number of hydrogen-bond acceptors (Lipinski definition) is 2. The predicted molar refractivity (Wildman–Crippen MR) is 68.5 cm³/mol. The number of carbonyl (C=O) groups excluding carboxylic acids is 1. The fraction of sp³-hybridized carbons (Fsp3) is 0.462. The van der Waals surface area contributed by atoms with Crippen LogP contribution >= 0.6 is 15.9 Å². The number of rotatable bonds is 5. The van der Waals surface area contributed by atoms with Crippen molar-refractivity contribution in [2.45, 2.75) is 32.3 Å². The lowest BCUT2D eigenvalue weighted by Crippen LogP contribution is -2.27. The third kappa shape index (κ3) is 4.56. The Labute approximate surface area is 109 Å². The molecule has 0 aliphatic rings. The average Bonchev–Trinajstić information content (AvgIpc) is 2.23. The van der Waals surface area contributed by atoms with Gasteiger partial charge in [0.25, 0.3) is 0 Å². The number of benzene rings is 1. The number of Topliss-reactive ketones (excluding diaryl/α,β-unsaturated/α-hetero) is 1. The van der Waals surface area contributed by atoms with Gasteiger partial charge in [-0.15, -0.1) is 0 Å². The number of ketones is 1. The van der Waals surface area contributed by atoms with Gasteiger partial charge in [-0.3, -0.25) is 4.79 Å². The lowest BCUT2D eigenvalue weighted by molar-refractivity contribution is -0.123. The van der Waals surface area contributed by atoms with Crippen molar-refractivity contribution in [2.75, 3.05) is 7.11 Å². The summed E-state index contributed by atoms with van der Waals surface area (Å²) < 4.78 is 18.6. The van der Waals surface area contributed by atoms with Crippen LogP contribution < -0.4 is 0 Å². The summed E-state index contributed by atoms with van der Waals surface area (Å²) in [5.74, 6) is -0.242. The summed E-state index contributed by atoms with van der Waals surface area (Å²) in [6.07, 6.45) is 0.643. The van der Waals surface area contributed by atoms with Crippen molar-refractivity contribution in [1.82, 2.24) is 0 Å². The summed E-state index contributed by atoms with van der Waals surface area (Å²) >= 11 is 3.10. The number of methoxy groups -OCH3 is 1. The van der Waals surface area contributed by atoms with Gasteiger partial charge < -0.3 is 4.74 Å². The van der Waals surface area contributed by atoms with Crippen LogP contribution in [0.3, 0.4) is 0 Å². The summed E-state index contributed by atoms with van der Waals surface area (Å²) in [5.41, 5.74) is 0.351. The van der Waals surface area contributed by atoms with E-state index < -0.39 is 5.60 Å². The van der Waals surface area contributed by atoms with Crippen LogP contribution in [0.2, 0.25) is 0 Å². The third-order valence-corrected chi connectivity index (χ3v) is 3.17. The Bertz CT molecular complexity index is 416. The monoisotopic (exact) mass is 302 g/mol. The van der Waals surface area contributed by atoms with E-state index in [0.29, 0.717) is 17.3 Å². The maximum absolute atomic E-state index is 13.0. The number of hydrogen-bond donors (Lipinski definition) is 0. The second-order valence-electron chi connectivity index (χ2n) is 4.60. The van der Waals surface area contributed by atoms with Crippen molar-refractivity contribution in [1.29, 1.82) is 0 Å². The molecule has 0 heterocycles. The zero-order chi connectivity index (χ0) is 13.1. The lowest BCUT2D eigenvalue weighted by Gasteiger charge is -2.21. The summed E-state index contributed by atoms with van der Waals surface area (Å²) in [6, 6.07) is 4.61. The van der Waals surface area contributed by atoms with E-state index in [1.54, 1.807) is 19.2 Å². The molecule has 0 N–H and O–H groups in total. The Morgan fingerprint density at radius 3 is 2.65 bits per heavy atom. The van der Waals surface area contributed by atoms with Gasteiger partial charge in [-0.1, -0.05) is 6.07 Å². The van der Waals surface area contributed by atoms with Crippen molar-refractivity contribution >= 4 is 21.7 Å². The van der Waals surface area contributed by atoms with Crippen LogP contribution in [0.1, 0.15) is 25.8 Å². The highest BCUT2D eigenvalue weighted by Crippen LogP contribution is 2.19. The molecule has 2 nitrogen and oxygen atoms in total. The maximum Gasteiger partial charge on any atom is 0.140 e. The molecule has 17 heavy (non-hydrogen) atoms. The largest absolute Gasteiger partial charge is 0.378 e. The molecule has 0 unspecified atom stereocenters. The molecule has 0 saturated carbocycles. The molecule has 0 aliphatic carbocycles. The fourth-order valence-corrected chi connectivity index (χ4v) is 1.91. The molecule has 0 saturated heterocycles. The van der Waals surface area contributed by atoms with Crippen LogP contribution in [0.5, 0.6) is 0 Å². The van der Waals surface area contributed by atoms with Gasteiger partial charge in [0.1, 0.15) is 11.6 Å². The smallest absolute Gasteiger partial charge is 0.140 e. The fourth-order valence-electron chi connectivity index (χ4n) is 1.49. The zero-order valence-electron chi connectivity index (χ0n) is 10.2. The normalized spacial score (nSPS) is 11.6. The molecule has 4 heteroatoms. The van der Waals surface area contributed by atoms with Crippen LogP contribution in [0.15, 0.2) is 22.7 Å². The van der Waals surface area contributed by atoms with Crippen molar-refractivity contribution in [3.63, 3.8) is 0 Å². The standard InChI is InChI=1S/C13H16BrFO2/c1-13(2,17-3)8-10(16)6-9-4-5-12(15)11(14)7-9/h4-5,7H,6,8H2,1-3H3. The van der Waals surface area contributed by atoms with E-state index in [1.807, 2.05) is 13.8 Å². The van der Waals surface area contributed by atoms with Crippen molar-refractivity contribution in [2.24, 2.45) is 0 Å². The molecule has 0 fully saturated rings. The first kappa shape index (κ1) is 14.3. The molecule has 0 aliphatic heterocycles. The topological polar surface area (TPSA) is 26.3 Å². The van der Waals surface area contributed by atoms with E-state index in [2.05, 4.69) is 15.9 Å². The van der Waals surface area contributed by atoms with Crippen LogP contribution in [-0.2, 0) is 16.0 Å². The molecular weight excluding hydrogens is 287 g/mol. The van der Waals surface area contributed by atoms with Gasteiger partial charge in [-0.25, -0.2) is 4.39 Å². The molecule has 1 rings (SSSR count). The molecule has 0 amide bonds. The molecule has 94 valence electrons. The third-order valence-electron chi connectivity index (χ3n) is 2.56. The molecular formula is C13H16BrFO2. The zero-order valence-corrected chi connectivity index (χ0v) is 11.8. The molecule has 0 atom stereocenters. The molecule has 0 aromatic heterocycles. The number of halogens is 2.